The summed E-state index contributed by atoms with van der Waals surface area (Å²) in [5.74, 6) is 0.797. The fourth-order valence-corrected chi connectivity index (χ4v) is 4.53. The van der Waals surface area contributed by atoms with Gasteiger partial charge in [0.2, 0.25) is 5.91 Å². The summed E-state index contributed by atoms with van der Waals surface area (Å²) in [6.45, 7) is 3.47. The number of fused-ring (bicyclic) bond motifs is 1. The number of piperidine rings is 1. The molecule has 1 aromatic carbocycles. The first kappa shape index (κ1) is 18.7. The highest BCUT2D eigenvalue weighted by atomic mass is 32.1. The van der Waals surface area contributed by atoms with E-state index in [1.807, 2.05) is 65.5 Å². The van der Waals surface area contributed by atoms with E-state index in [4.69, 9.17) is 0 Å². The van der Waals surface area contributed by atoms with E-state index >= 15 is 0 Å². The van der Waals surface area contributed by atoms with E-state index in [0.717, 1.165) is 52.8 Å². The molecule has 4 aromatic rings. The Balaban J connectivity index is 1.29. The predicted octanol–water partition coefficient (Wildman–Crippen LogP) is 4.02. The summed E-state index contributed by atoms with van der Waals surface area (Å²) in [6.07, 6.45) is 5.83. The van der Waals surface area contributed by atoms with Crippen LogP contribution < -0.4 is 10.2 Å². The molecule has 5 rings (SSSR count). The third kappa shape index (κ3) is 3.78. The van der Waals surface area contributed by atoms with Crippen molar-refractivity contribution in [1.82, 2.24) is 19.6 Å². The standard InChI is InChI=1S/C22H22N6OS/c1-15-7-8-20(26-25-15)27-9-3-5-17(13-27)21(29)23-18-6-2-4-16(12-18)19-14-28-10-11-30-22(28)24-19/h2,4,6-8,10-12,14,17H,3,5,9,13H2,1H3,(H,23,29). The lowest BCUT2D eigenvalue weighted by Gasteiger charge is -2.32. The number of imidazole rings is 1. The maximum Gasteiger partial charge on any atom is 0.229 e. The molecule has 1 aliphatic heterocycles. The molecule has 0 spiro atoms. The van der Waals surface area contributed by atoms with Gasteiger partial charge in [-0.05, 0) is 44.0 Å². The van der Waals surface area contributed by atoms with Gasteiger partial charge in [0.05, 0.1) is 17.3 Å². The molecule has 0 radical (unpaired) electrons. The zero-order chi connectivity index (χ0) is 20.5. The normalized spacial score (nSPS) is 16.7. The Morgan fingerprint density at radius 2 is 2.17 bits per heavy atom. The molecule has 3 aromatic heterocycles. The molecule has 1 atom stereocenters. The van der Waals surface area contributed by atoms with Crippen molar-refractivity contribution in [3.05, 3.63) is 59.9 Å². The molecule has 8 heteroatoms. The van der Waals surface area contributed by atoms with Crippen LogP contribution in [0.5, 0.6) is 0 Å². The van der Waals surface area contributed by atoms with Crippen molar-refractivity contribution in [2.24, 2.45) is 5.92 Å². The minimum atomic E-state index is -0.0801. The maximum atomic E-state index is 13.0. The monoisotopic (exact) mass is 418 g/mol. The Kier molecular flexibility index (Phi) is 4.92. The van der Waals surface area contributed by atoms with E-state index in [2.05, 4.69) is 25.4 Å². The first-order chi connectivity index (χ1) is 14.7. The number of carbonyl (C=O) groups is 1. The Bertz CT molecular complexity index is 1150. The Morgan fingerprint density at radius 1 is 1.23 bits per heavy atom. The van der Waals surface area contributed by atoms with Crippen LogP contribution in [-0.4, -0.2) is 38.6 Å². The van der Waals surface area contributed by atoms with Crippen molar-refractivity contribution in [2.75, 3.05) is 23.3 Å². The highest BCUT2D eigenvalue weighted by molar-refractivity contribution is 7.15. The molecular formula is C22H22N6OS. The number of benzene rings is 1. The van der Waals surface area contributed by atoms with Crippen LogP contribution in [0.25, 0.3) is 16.2 Å². The number of nitrogens with zero attached hydrogens (tertiary/aromatic N) is 5. The Labute approximate surface area is 178 Å². The quantitative estimate of drug-likeness (QED) is 0.542. The van der Waals surface area contributed by atoms with Gasteiger partial charge in [0.1, 0.15) is 0 Å². The van der Waals surface area contributed by atoms with Gasteiger partial charge in [-0.25, -0.2) is 4.98 Å². The summed E-state index contributed by atoms with van der Waals surface area (Å²) in [5.41, 5.74) is 3.58. The van der Waals surface area contributed by atoms with Gasteiger partial charge in [-0.1, -0.05) is 12.1 Å². The highest BCUT2D eigenvalue weighted by Gasteiger charge is 2.27. The molecule has 30 heavy (non-hydrogen) atoms. The fraction of sp³-hybridized carbons (Fsp3) is 0.273. The number of hydrogen-bond donors (Lipinski definition) is 1. The van der Waals surface area contributed by atoms with E-state index in [1.54, 1.807) is 11.3 Å². The molecule has 1 aliphatic rings. The molecule has 1 saturated heterocycles. The summed E-state index contributed by atoms with van der Waals surface area (Å²) in [4.78, 5) is 20.7. The van der Waals surface area contributed by atoms with Crippen LogP contribution in [0.3, 0.4) is 0 Å². The lowest BCUT2D eigenvalue weighted by Crippen LogP contribution is -2.41. The smallest absolute Gasteiger partial charge is 0.229 e. The minimum absolute atomic E-state index is 0.0442. The second-order valence-electron chi connectivity index (χ2n) is 7.61. The lowest BCUT2D eigenvalue weighted by atomic mass is 9.97. The fourth-order valence-electron chi connectivity index (χ4n) is 3.83. The number of anilines is 2. The van der Waals surface area contributed by atoms with Crippen molar-refractivity contribution in [3.63, 3.8) is 0 Å². The summed E-state index contributed by atoms with van der Waals surface area (Å²) >= 11 is 1.60. The van der Waals surface area contributed by atoms with Crippen molar-refractivity contribution in [3.8, 4) is 11.3 Å². The SMILES string of the molecule is Cc1ccc(N2CCCC(C(=O)Nc3cccc(-c4cn5ccsc5n4)c3)C2)nn1. The summed E-state index contributed by atoms with van der Waals surface area (Å²) in [6, 6.07) is 11.8. The van der Waals surface area contributed by atoms with Gasteiger partial charge < -0.3 is 10.2 Å². The van der Waals surface area contributed by atoms with E-state index < -0.39 is 0 Å². The molecule has 1 N–H and O–H groups in total. The van der Waals surface area contributed by atoms with Crippen LogP contribution in [-0.2, 0) is 4.79 Å². The summed E-state index contributed by atoms with van der Waals surface area (Å²) in [7, 11) is 0. The number of aryl methyl sites for hydroxylation is 1. The highest BCUT2D eigenvalue weighted by Crippen LogP contribution is 2.26. The molecule has 7 nitrogen and oxygen atoms in total. The van der Waals surface area contributed by atoms with Gasteiger partial charge in [0.15, 0.2) is 10.8 Å². The lowest BCUT2D eigenvalue weighted by molar-refractivity contribution is -0.120. The molecule has 1 fully saturated rings. The molecule has 0 saturated carbocycles. The number of nitrogens with one attached hydrogen (secondary N) is 1. The van der Waals surface area contributed by atoms with E-state index in [-0.39, 0.29) is 11.8 Å². The van der Waals surface area contributed by atoms with Gasteiger partial charge in [0, 0.05) is 42.1 Å². The first-order valence-electron chi connectivity index (χ1n) is 10.0. The van der Waals surface area contributed by atoms with E-state index in [1.165, 1.54) is 0 Å². The number of thiazole rings is 1. The van der Waals surface area contributed by atoms with Crippen molar-refractivity contribution in [1.29, 1.82) is 0 Å². The van der Waals surface area contributed by atoms with Gasteiger partial charge in [-0.3, -0.25) is 9.20 Å². The third-order valence-corrected chi connectivity index (χ3v) is 6.19. The van der Waals surface area contributed by atoms with E-state index in [9.17, 15) is 4.79 Å². The second kappa shape index (κ2) is 7.87. The Morgan fingerprint density at radius 3 is 3.00 bits per heavy atom. The molecule has 1 amide bonds. The number of amides is 1. The van der Waals surface area contributed by atoms with Crippen LogP contribution in [0, 0.1) is 12.8 Å². The van der Waals surface area contributed by atoms with Crippen LogP contribution in [0.15, 0.2) is 54.2 Å². The van der Waals surface area contributed by atoms with Crippen LogP contribution in [0.4, 0.5) is 11.5 Å². The Hall–Kier alpha value is -3.26. The van der Waals surface area contributed by atoms with Gasteiger partial charge in [-0.2, -0.15) is 5.10 Å². The number of aromatic nitrogens is 4. The van der Waals surface area contributed by atoms with E-state index in [0.29, 0.717) is 6.54 Å². The number of carbonyl (C=O) groups excluding carboxylic acids is 1. The van der Waals surface area contributed by atoms with Crippen molar-refractivity contribution < 1.29 is 4.79 Å². The number of rotatable bonds is 4. The average Bonchev–Trinajstić information content (AvgIpc) is 3.37. The third-order valence-electron chi connectivity index (χ3n) is 5.42. The zero-order valence-electron chi connectivity index (χ0n) is 16.7. The average molecular weight is 419 g/mol. The molecular weight excluding hydrogens is 396 g/mol. The summed E-state index contributed by atoms with van der Waals surface area (Å²) in [5, 5.41) is 13.5. The zero-order valence-corrected chi connectivity index (χ0v) is 17.5. The largest absolute Gasteiger partial charge is 0.354 e. The van der Waals surface area contributed by atoms with Crippen molar-refractivity contribution >= 4 is 33.7 Å². The summed E-state index contributed by atoms with van der Waals surface area (Å²) < 4.78 is 2.01. The van der Waals surface area contributed by atoms with Gasteiger partial charge in [-0.15, -0.1) is 16.4 Å². The van der Waals surface area contributed by atoms with Gasteiger partial charge in [0.25, 0.3) is 0 Å². The molecule has 152 valence electrons. The molecule has 1 unspecified atom stereocenters. The van der Waals surface area contributed by atoms with Crippen LogP contribution in [0.1, 0.15) is 18.5 Å². The predicted molar refractivity (Wildman–Crippen MR) is 119 cm³/mol. The number of hydrogen-bond acceptors (Lipinski definition) is 6. The van der Waals surface area contributed by atoms with Crippen LogP contribution >= 0.6 is 11.3 Å². The molecule has 0 aliphatic carbocycles. The molecule has 0 bridgehead atoms. The van der Waals surface area contributed by atoms with Gasteiger partial charge >= 0.3 is 0 Å². The minimum Gasteiger partial charge on any atom is -0.354 e. The maximum absolute atomic E-state index is 13.0. The second-order valence-corrected chi connectivity index (χ2v) is 8.48. The first-order valence-corrected chi connectivity index (χ1v) is 10.9. The molecule has 4 heterocycles. The van der Waals surface area contributed by atoms with Crippen LogP contribution in [0.2, 0.25) is 0 Å². The topological polar surface area (TPSA) is 75.4 Å². The van der Waals surface area contributed by atoms with Crippen molar-refractivity contribution in [2.45, 2.75) is 19.8 Å².